The van der Waals surface area contributed by atoms with E-state index < -0.39 is 0 Å². The predicted octanol–water partition coefficient (Wildman–Crippen LogP) is 4.75. The third kappa shape index (κ3) is 3.47. The molecule has 1 aliphatic carbocycles. The topological polar surface area (TPSA) is 17.8 Å². The largest absolute Gasteiger partial charge is 0.272 e. The summed E-state index contributed by atoms with van der Waals surface area (Å²) in [5, 5.41) is 4.59. The zero-order chi connectivity index (χ0) is 14.9. The number of nitrogens with zero attached hydrogens (tertiary/aromatic N) is 2. The molecule has 114 valence electrons. The van der Waals surface area contributed by atoms with Gasteiger partial charge >= 0.3 is 0 Å². The Morgan fingerprint density at radius 3 is 2.65 bits per heavy atom. The summed E-state index contributed by atoms with van der Waals surface area (Å²) in [6.45, 7) is 9.42. The fraction of sp³-hybridized carbons (Fsp3) is 0.824. The van der Waals surface area contributed by atoms with Crippen LogP contribution in [0, 0.1) is 17.3 Å². The summed E-state index contributed by atoms with van der Waals surface area (Å²) >= 11 is 3.96. The van der Waals surface area contributed by atoms with Gasteiger partial charge in [-0.3, -0.25) is 4.68 Å². The van der Waals surface area contributed by atoms with E-state index >= 15 is 0 Å². The highest BCUT2D eigenvalue weighted by atomic mass is 79.9. The van der Waals surface area contributed by atoms with Gasteiger partial charge in [0.1, 0.15) is 0 Å². The molecule has 0 spiro atoms. The predicted molar refractivity (Wildman–Crippen MR) is 89.3 cm³/mol. The number of halogens is 1. The molecule has 2 nitrogen and oxygen atoms in total. The lowest BCUT2D eigenvalue weighted by atomic mass is 9.67. The van der Waals surface area contributed by atoms with Crippen molar-refractivity contribution in [3.63, 3.8) is 0 Å². The van der Waals surface area contributed by atoms with Crippen molar-refractivity contribution in [2.75, 3.05) is 0 Å². The van der Waals surface area contributed by atoms with Crippen LogP contribution in [0.25, 0.3) is 0 Å². The summed E-state index contributed by atoms with van der Waals surface area (Å²) in [5.41, 5.74) is 2.92. The molecule has 1 saturated carbocycles. The minimum Gasteiger partial charge on any atom is -0.272 e. The monoisotopic (exact) mass is 340 g/mol. The first-order chi connectivity index (χ1) is 9.33. The summed E-state index contributed by atoms with van der Waals surface area (Å²) in [6, 6.07) is 2.29. The lowest BCUT2D eigenvalue weighted by molar-refractivity contribution is 0.144. The van der Waals surface area contributed by atoms with Crippen LogP contribution in [0.3, 0.4) is 0 Å². The molecule has 3 atom stereocenters. The molecule has 1 fully saturated rings. The number of hydrogen-bond donors (Lipinski definition) is 0. The molecule has 2 rings (SSSR count). The second-order valence-electron chi connectivity index (χ2n) is 7.31. The quantitative estimate of drug-likeness (QED) is 0.723. The molecule has 0 aromatic carbocycles. The van der Waals surface area contributed by atoms with Crippen molar-refractivity contribution in [3.05, 3.63) is 17.5 Å². The number of hydrogen-bond acceptors (Lipinski definition) is 1. The third-order valence-electron chi connectivity index (χ3n) is 5.06. The van der Waals surface area contributed by atoms with Gasteiger partial charge in [0.15, 0.2) is 0 Å². The fourth-order valence-corrected chi connectivity index (χ4v) is 5.32. The van der Waals surface area contributed by atoms with Crippen molar-refractivity contribution in [2.45, 2.75) is 64.6 Å². The molecular weight excluding hydrogens is 312 g/mol. The SMILES string of the molecule is CCc1cc(CC(C)(C)C2CCC(C)CC2Br)n(C)n1. The van der Waals surface area contributed by atoms with Crippen molar-refractivity contribution in [1.29, 1.82) is 0 Å². The van der Waals surface area contributed by atoms with Crippen LogP contribution >= 0.6 is 15.9 Å². The average molecular weight is 341 g/mol. The second kappa shape index (κ2) is 6.21. The van der Waals surface area contributed by atoms with Crippen LogP contribution in [-0.4, -0.2) is 14.6 Å². The van der Waals surface area contributed by atoms with Crippen LogP contribution < -0.4 is 0 Å². The van der Waals surface area contributed by atoms with Crippen molar-refractivity contribution in [2.24, 2.45) is 24.3 Å². The Morgan fingerprint density at radius 2 is 2.10 bits per heavy atom. The molecule has 0 amide bonds. The van der Waals surface area contributed by atoms with E-state index in [0.717, 1.165) is 24.7 Å². The Balaban J connectivity index is 2.11. The van der Waals surface area contributed by atoms with Crippen LogP contribution in [0.4, 0.5) is 0 Å². The van der Waals surface area contributed by atoms with E-state index in [9.17, 15) is 0 Å². The first kappa shape index (κ1) is 16.1. The standard InChI is InChI=1S/C17H29BrN2/c1-6-13-10-14(20(5)19-13)11-17(3,4)15-8-7-12(2)9-16(15)18/h10,12,15-16H,6-9,11H2,1-5H3. The Labute approximate surface area is 132 Å². The van der Waals surface area contributed by atoms with Crippen LogP contribution in [0.2, 0.25) is 0 Å². The van der Waals surface area contributed by atoms with E-state index in [1.165, 1.54) is 30.7 Å². The van der Waals surface area contributed by atoms with Crippen molar-refractivity contribution < 1.29 is 0 Å². The van der Waals surface area contributed by atoms with E-state index in [4.69, 9.17) is 0 Å². The number of rotatable bonds is 4. The Hall–Kier alpha value is -0.310. The summed E-state index contributed by atoms with van der Waals surface area (Å²) in [5.74, 6) is 1.63. The molecule has 1 aromatic heterocycles. The van der Waals surface area contributed by atoms with Gasteiger partial charge < -0.3 is 0 Å². The molecule has 1 aromatic rings. The lowest BCUT2D eigenvalue weighted by Crippen LogP contribution is -2.37. The molecule has 3 unspecified atom stereocenters. The minimum absolute atomic E-state index is 0.326. The minimum atomic E-state index is 0.326. The number of aryl methyl sites for hydroxylation is 2. The van der Waals surface area contributed by atoms with Crippen LogP contribution in [0.15, 0.2) is 6.07 Å². The highest BCUT2D eigenvalue weighted by Gasteiger charge is 2.38. The summed E-state index contributed by atoms with van der Waals surface area (Å²) in [7, 11) is 2.08. The maximum Gasteiger partial charge on any atom is 0.0624 e. The Bertz CT molecular complexity index is 450. The van der Waals surface area contributed by atoms with E-state index in [-0.39, 0.29) is 0 Å². The van der Waals surface area contributed by atoms with Gasteiger partial charge in [-0.2, -0.15) is 5.10 Å². The van der Waals surface area contributed by atoms with Crippen LogP contribution in [0.5, 0.6) is 0 Å². The van der Waals surface area contributed by atoms with E-state index in [1.807, 2.05) is 0 Å². The first-order valence-electron chi connectivity index (χ1n) is 7.99. The van der Waals surface area contributed by atoms with Crippen molar-refractivity contribution in [3.8, 4) is 0 Å². The molecule has 1 aliphatic rings. The number of alkyl halides is 1. The molecule has 0 radical (unpaired) electrons. The second-order valence-corrected chi connectivity index (χ2v) is 8.49. The maximum atomic E-state index is 4.59. The normalized spacial score (nSPS) is 27.8. The lowest BCUT2D eigenvalue weighted by Gasteiger charge is -2.42. The highest BCUT2D eigenvalue weighted by Crippen LogP contribution is 2.45. The third-order valence-corrected chi connectivity index (χ3v) is 6.08. The average Bonchev–Trinajstić information content (AvgIpc) is 2.69. The smallest absolute Gasteiger partial charge is 0.0624 e. The summed E-state index contributed by atoms with van der Waals surface area (Å²) < 4.78 is 2.08. The van der Waals surface area contributed by atoms with E-state index in [0.29, 0.717) is 10.2 Å². The maximum absolute atomic E-state index is 4.59. The van der Waals surface area contributed by atoms with E-state index in [2.05, 4.69) is 66.5 Å². The molecule has 3 heteroatoms. The number of aromatic nitrogens is 2. The van der Waals surface area contributed by atoms with Gasteiger partial charge in [0.25, 0.3) is 0 Å². The van der Waals surface area contributed by atoms with Gasteiger partial charge in [-0.05, 0) is 49.0 Å². The van der Waals surface area contributed by atoms with Gasteiger partial charge in [0, 0.05) is 17.6 Å². The molecule has 0 aliphatic heterocycles. The van der Waals surface area contributed by atoms with Crippen LogP contribution in [-0.2, 0) is 19.9 Å². The van der Waals surface area contributed by atoms with Gasteiger partial charge in [-0.15, -0.1) is 0 Å². The summed E-state index contributed by atoms with van der Waals surface area (Å²) in [4.78, 5) is 0.667. The van der Waals surface area contributed by atoms with Gasteiger partial charge in [0.2, 0.25) is 0 Å². The van der Waals surface area contributed by atoms with Gasteiger partial charge in [-0.25, -0.2) is 0 Å². The molecule has 0 N–H and O–H groups in total. The Kier molecular flexibility index (Phi) is 4.99. The van der Waals surface area contributed by atoms with Gasteiger partial charge in [0.05, 0.1) is 5.69 Å². The first-order valence-corrected chi connectivity index (χ1v) is 8.91. The molecule has 1 heterocycles. The van der Waals surface area contributed by atoms with Crippen LogP contribution in [0.1, 0.15) is 58.3 Å². The Morgan fingerprint density at radius 1 is 1.40 bits per heavy atom. The molecular formula is C17H29BrN2. The van der Waals surface area contributed by atoms with Crippen molar-refractivity contribution in [1.82, 2.24) is 9.78 Å². The van der Waals surface area contributed by atoms with Gasteiger partial charge in [-0.1, -0.05) is 50.0 Å². The zero-order valence-electron chi connectivity index (χ0n) is 13.6. The van der Waals surface area contributed by atoms with Crippen molar-refractivity contribution >= 4 is 15.9 Å². The molecule has 0 bridgehead atoms. The molecule has 20 heavy (non-hydrogen) atoms. The van der Waals surface area contributed by atoms with E-state index in [1.54, 1.807) is 0 Å². The zero-order valence-corrected chi connectivity index (χ0v) is 15.2. The highest BCUT2D eigenvalue weighted by molar-refractivity contribution is 9.09. The fourth-order valence-electron chi connectivity index (χ4n) is 3.70. The summed E-state index contributed by atoms with van der Waals surface area (Å²) in [6.07, 6.45) is 6.19. The molecule has 0 saturated heterocycles.